The summed E-state index contributed by atoms with van der Waals surface area (Å²) in [7, 11) is 0. The second-order valence-electron chi connectivity index (χ2n) is 6.84. The van der Waals surface area contributed by atoms with Crippen LogP contribution in [-0.4, -0.2) is 21.0 Å². The van der Waals surface area contributed by atoms with E-state index < -0.39 is 0 Å². The molecule has 0 bridgehead atoms. The molecule has 0 aliphatic carbocycles. The summed E-state index contributed by atoms with van der Waals surface area (Å²) in [5.41, 5.74) is 2.47. The molecule has 0 atom stereocenters. The number of benzene rings is 2. The molecule has 0 radical (unpaired) electrons. The van der Waals surface area contributed by atoms with Crippen LogP contribution >= 0.6 is 11.8 Å². The highest BCUT2D eigenvalue weighted by Crippen LogP contribution is 2.25. The van der Waals surface area contributed by atoms with Crippen LogP contribution in [0.4, 0.5) is 0 Å². The first-order valence-corrected chi connectivity index (χ1v) is 9.48. The Morgan fingerprint density at radius 3 is 2.24 bits per heavy atom. The second kappa shape index (κ2) is 7.31. The summed E-state index contributed by atoms with van der Waals surface area (Å²) in [6.07, 6.45) is 2.00. The Hall–Kier alpha value is -2.27. The lowest BCUT2D eigenvalue weighted by atomic mass is 9.87. The van der Waals surface area contributed by atoms with E-state index in [9.17, 15) is 0 Å². The Morgan fingerprint density at radius 1 is 0.960 bits per heavy atom. The third-order valence-corrected chi connectivity index (χ3v) is 4.61. The van der Waals surface area contributed by atoms with Gasteiger partial charge < -0.3 is 4.74 Å². The van der Waals surface area contributed by atoms with Crippen LogP contribution < -0.4 is 4.74 Å². The number of rotatable bonds is 5. The van der Waals surface area contributed by atoms with Gasteiger partial charge in [-0.05, 0) is 41.5 Å². The van der Waals surface area contributed by atoms with Crippen molar-refractivity contribution >= 4 is 11.8 Å². The second-order valence-corrected chi connectivity index (χ2v) is 7.61. The van der Waals surface area contributed by atoms with Crippen LogP contribution in [0.3, 0.4) is 0 Å². The lowest BCUT2D eigenvalue weighted by Crippen LogP contribution is -2.10. The molecular weight excluding hydrogens is 330 g/mol. The van der Waals surface area contributed by atoms with Crippen molar-refractivity contribution in [2.45, 2.75) is 37.9 Å². The van der Waals surface area contributed by atoms with Crippen LogP contribution in [0.1, 0.15) is 32.2 Å². The molecule has 0 saturated heterocycles. The first-order valence-electron chi connectivity index (χ1n) is 8.26. The summed E-state index contributed by atoms with van der Waals surface area (Å²) in [6.45, 7) is 6.98. The average molecular weight is 353 g/mol. The predicted octanol–water partition coefficient (Wildman–Crippen LogP) is 4.87. The number of hydrogen-bond donors (Lipinski definition) is 0. The molecule has 4 nitrogen and oxygen atoms in total. The molecule has 0 spiro atoms. The van der Waals surface area contributed by atoms with Gasteiger partial charge in [0.05, 0.1) is 0 Å². The van der Waals surface area contributed by atoms with E-state index in [4.69, 9.17) is 4.74 Å². The molecule has 5 heteroatoms. The minimum atomic E-state index is 0.138. The predicted molar refractivity (Wildman–Crippen MR) is 103 cm³/mol. The largest absolute Gasteiger partial charge is 0.486 e. The molecule has 0 aliphatic rings. The summed E-state index contributed by atoms with van der Waals surface area (Å²) in [6, 6.07) is 18.4. The number of nitrogens with zero attached hydrogens (tertiary/aromatic N) is 3. The number of thioether (sulfide) groups is 1. The molecule has 0 N–H and O–H groups in total. The molecule has 0 saturated carbocycles. The maximum atomic E-state index is 5.95. The van der Waals surface area contributed by atoms with Gasteiger partial charge in [-0.1, -0.05) is 62.9 Å². The van der Waals surface area contributed by atoms with Gasteiger partial charge in [0, 0.05) is 5.69 Å². The number of aromatic nitrogens is 3. The first-order chi connectivity index (χ1) is 12.0. The van der Waals surface area contributed by atoms with Crippen molar-refractivity contribution in [2.75, 3.05) is 6.26 Å². The van der Waals surface area contributed by atoms with Gasteiger partial charge in [0.15, 0.2) is 11.0 Å². The Bertz CT molecular complexity index is 820. The molecule has 25 heavy (non-hydrogen) atoms. The Balaban J connectivity index is 1.79. The van der Waals surface area contributed by atoms with Crippen LogP contribution in [0.25, 0.3) is 5.69 Å². The molecule has 130 valence electrons. The molecule has 0 amide bonds. The van der Waals surface area contributed by atoms with Gasteiger partial charge >= 0.3 is 0 Å². The van der Waals surface area contributed by atoms with Gasteiger partial charge in [-0.15, -0.1) is 10.2 Å². The molecule has 1 heterocycles. The first kappa shape index (κ1) is 17.5. The molecule has 3 aromatic rings. The zero-order valence-electron chi connectivity index (χ0n) is 15.1. The van der Waals surface area contributed by atoms with Gasteiger partial charge in [0.25, 0.3) is 0 Å². The van der Waals surface area contributed by atoms with E-state index in [1.807, 2.05) is 53.3 Å². The SMILES string of the molecule is CSc1nnc(COc2ccc(C(C)(C)C)cc2)n1-c1ccccc1. The molecule has 0 unspecified atom stereocenters. The fourth-order valence-corrected chi connectivity index (χ4v) is 3.08. The lowest BCUT2D eigenvalue weighted by molar-refractivity contribution is 0.292. The van der Waals surface area contributed by atoms with E-state index in [1.54, 1.807) is 11.8 Å². The highest BCUT2D eigenvalue weighted by molar-refractivity contribution is 7.98. The maximum Gasteiger partial charge on any atom is 0.195 e. The van der Waals surface area contributed by atoms with Crippen LogP contribution in [-0.2, 0) is 12.0 Å². The Kier molecular flexibility index (Phi) is 5.13. The topological polar surface area (TPSA) is 39.9 Å². The van der Waals surface area contributed by atoms with Crippen molar-refractivity contribution < 1.29 is 4.74 Å². The highest BCUT2D eigenvalue weighted by atomic mass is 32.2. The van der Waals surface area contributed by atoms with Crippen molar-refractivity contribution in [2.24, 2.45) is 0 Å². The van der Waals surface area contributed by atoms with Gasteiger partial charge in [-0.2, -0.15) is 0 Å². The average Bonchev–Trinajstić information content (AvgIpc) is 3.03. The molecule has 0 fully saturated rings. The molecule has 0 aliphatic heterocycles. The minimum Gasteiger partial charge on any atom is -0.486 e. The summed E-state index contributed by atoms with van der Waals surface area (Å²) >= 11 is 1.57. The summed E-state index contributed by atoms with van der Waals surface area (Å²) in [5.74, 6) is 1.62. The van der Waals surface area contributed by atoms with E-state index in [0.29, 0.717) is 6.61 Å². The van der Waals surface area contributed by atoms with Crippen molar-refractivity contribution in [3.8, 4) is 11.4 Å². The van der Waals surface area contributed by atoms with Gasteiger partial charge in [-0.25, -0.2) is 0 Å². The fraction of sp³-hybridized carbons (Fsp3) is 0.300. The number of hydrogen-bond acceptors (Lipinski definition) is 4. The van der Waals surface area contributed by atoms with Crippen molar-refractivity contribution in [3.63, 3.8) is 0 Å². The van der Waals surface area contributed by atoms with E-state index in [2.05, 4.69) is 43.1 Å². The minimum absolute atomic E-state index is 0.138. The molecule has 2 aromatic carbocycles. The Morgan fingerprint density at radius 2 is 1.64 bits per heavy atom. The van der Waals surface area contributed by atoms with Gasteiger partial charge in [-0.3, -0.25) is 4.57 Å². The van der Waals surface area contributed by atoms with E-state index in [-0.39, 0.29) is 5.41 Å². The zero-order chi connectivity index (χ0) is 17.9. The third kappa shape index (κ3) is 4.04. The van der Waals surface area contributed by atoms with Crippen LogP contribution in [0.15, 0.2) is 59.8 Å². The van der Waals surface area contributed by atoms with E-state index >= 15 is 0 Å². The van der Waals surface area contributed by atoms with E-state index in [0.717, 1.165) is 22.4 Å². The monoisotopic (exact) mass is 353 g/mol. The van der Waals surface area contributed by atoms with Crippen molar-refractivity contribution in [1.82, 2.24) is 14.8 Å². The standard InChI is InChI=1S/C20H23N3OS/c1-20(2,3)15-10-12-17(13-11-15)24-14-18-21-22-19(25-4)23(18)16-8-6-5-7-9-16/h5-13H,14H2,1-4H3. The Labute approximate surface area is 153 Å². The molecule has 1 aromatic heterocycles. The van der Waals surface area contributed by atoms with Crippen molar-refractivity contribution in [3.05, 3.63) is 66.0 Å². The summed E-state index contributed by atoms with van der Waals surface area (Å²) < 4.78 is 7.98. The van der Waals surface area contributed by atoms with Crippen LogP contribution in [0, 0.1) is 0 Å². The molecule has 3 rings (SSSR count). The van der Waals surface area contributed by atoms with Gasteiger partial charge in [0.2, 0.25) is 0 Å². The van der Waals surface area contributed by atoms with Crippen molar-refractivity contribution in [1.29, 1.82) is 0 Å². The third-order valence-electron chi connectivity index (χ3n) is 3.99. The summed E-state index contributed by atoms with van der Waals surface area (Å²) in [4.78, 5) is 0. The molecular formula is C20H23N3OS. The van der Waals surface area contributed by atoms with Crippen LogP contribution in [0.5, 0.6) is 5.75 Å². The van der Waals surface area contributed by atoms with E-state index in [1.165, 1.54) is 5.56 Å². The maximum absolute atomic E-state index is 5.95. The smallest absolute Gasteiger partial charge is 0.195 e. The highest BCUT2D eigenvalue weighted by Gasteiger charge is 2.15. The number of ether oxygens (including phenoxy) is 1. The van der Waals surface area contributed by atoms with Crippen LogP contribution in [0.2, 0.25) is 0 Å². The zero-order valence-corrected chi connectivity index (χ0v) is 15.9. The quantitative estimate of drug-likeness (QED) is 0.614. The lowest BCUT2D eigenvalue weighted by Gasteiger charge is -2.19. The normalized spacial score (nSPS) is 11.5. The number of para-hydroxylation sites is 1. The summed E-state index contributed by atoms with van der Waals surface area (Å²) in [5, 5.41) is 9.42. The fourth-order valence-electron chi connectivity index (χ4n) is 2.56. The van der Waals surface area contributed by atoms with Gasteiger partial charge in [0.1, 0.15) is 12.4 Å².